The molecule has 11 unspecified atom stereocenters. The molecular formula is C56H69NO14Si. The number of carbonyl (C=O) groups is 6. The molecule has 386 valence electrons. The van der Waals surface area contributed by atoms with Crippen molar-refractivity contribution in [3.63, 3.8) is 0 Å². The summed E-state index contributed by atoms with van der Waals surface area (Å²) in [4.78, 5) is 86.4. The Labute approximate surface area is 422 Å². The number of hydrogen-bond donors (Lipinski definition) is 3. The molecule has 3 aromatic rings. The number of aliphatic hydroxyl groups is 2. The van der Waals surface area contributed by atoms with Gasteiger partial charge in [-0.2, -0.15) is 0 Å². The van der Waals surface area contributed by atoms with Gasteiger partial charge < -0.3 is 43.6 Å². The first kappa shape index (κ1) is 54.0. The highest BCUT2D eigenvalue weighted by Crippen LogP contribution is 2.65. The van der Waals surface area contributed by atoms with Crippen molar-refractivity contribution in [1.29, 1.82) is 0 Å². The van der Waals surface area contributed by atoms with Crippen molar-refractivity contribution >= 4 is 50.0 Å². The number of amides is 1. The third-order valence-corrected chi connectivity index (χ3v) is 20.9. The minimum atomic E-state index is -2.65. The number of Topliss-reactive ketones (excluding diaryl/α,β-unsaturated/α-hetero) is 1. The van der Waals surface area contributed by atoms with Gasteiger partial charge in [-0.3, -0.25) is 19.2 Å². The lowest BCUT2D eigenvalue weighted by Crippen LogP contribution is -2.82. The van der Waals surface area contributed by atoms with Crippen LogP contribution in [-0.4, -0.2) is 109 Å². The highest BCUT2D eigenvalue weighted by Gasteiger charge is 2.79. The normalized spacial score (nSPS) is 29.6. The third kappa shape index (κ3) is 9.63. The Balaban J connectivity index is 1.42. The van der Waals surface area contributed by atoms with Gasteiger partial charge in [0.15, 0.2) is 31.9 Å². The number of nitrogens with one attached hydrogen (secondary N) is 1. The van der Waals surface area contributed by atoms with Gasteiger partial charge >= 0.3 is 23.9 Å². The van der Waals surface area contributed by atoms with E-state index in [1.165, 1.54) is 6.92 Å². The Morgan fingerprint density at radius 2 is 1.42 bits per heavy atom. The molecule has 4 aliphatic rings. The van der Waals surface area contributed by atoms with Crippen LogP contribution in [0, 0.1) is 16.7 Å². The molecule has 15 nitrogen and oxygen atoms in total. The number of aliphatic hydroxyl groups excluding tert-OH is 1. The molecule has 16 heteroatoms. The molecule has 3 aliphatic carbocycles. The second kappa shape index (κ2) is 21.0. The number of benzene rings is 3. The predicted octanol–water partition coefficient (Wildman–Crippen LogP) is 7.55. The van der Waals surface area contributed by atoms with Gasteiger partial charge in [-0.05, 0) is 79.4 Å². The van der Waals surface area contributed by atoms with Crippen molar-refractivity contribution < 1.29 is 67.1 Å². The molecule has 2 bridgehead atoms. The molecular weight excluding hydrogens is 939 g/mol. The summed E-state index contributed by atoms with van der Waals surface area (Å²) in [5.41, 5.74) is -5.70. The summed E-state index contributed by atoms with van der Waals surface area (Å²) in [6.07, 6.45) is -7.66. The Morgan fingerprint density at radius 1 is 0.833 bits per heavy atom. The summed E-state index contributed by atoms with van der Waals surface area (Å²) in [6.45, 7) is 16.4. The highest BCUT2D eigenvalue weighted by molar-refractivity contribution is 6.73. The molecule has 0 spiro atoms. The van der Waals surface area contributed by atoms with E-state index in [9.17, 15) is 34.2 Å². The fourth-order valence-electron chi connectivity index (χ4n) is 11.9. The van der Waals surface area contributed by atoms with Crippen molar-refractivity contribution in [2.75, 3.05) is 6.61 Å². The number of hydrogen-bond acceptors (Lipinski definition) is 14. The Hall–Kier alpha value is -5.78. The van der Waals surface area contributed by atoms with E-state index in [4.69, 9.17) is 28.1 Å². The van der Waals surface area contributed by atoms with Crippen molar-refractivity contribution in [2.24, 2.45) is 16.7 Å². The van der Waals surface area contributed by atoms with Crippen LogP contribution in [-0.2, 0) is 52.1 Å². The molecule has 2 saturated carbocycles. The zero-order valence-corrected chi connectivity index (χ0v) is 43.9. The smallest absolute Gasteiger partial charge is 0.338 e. The second-order valence-corrected chi connectivity index (χ2v) is 25.3. The van der Waals surface area contributed by atoms with Crippen LogP contribution in [0.1, 0.15) is 110 Å². The molecule has 3 aromatic carbocycles. The summed E-state index contributed by atoms with van der Waals surface area (Å²) in [7, 11) is -2.65. The van der Waals surface area contributed by atoms with E-state index in [0.29, 0.717) is 23.7 Å². The van der Waals surface area contributed by atoms with Gasteiger partial charge in [0.1, 0.15) is 23.9 Å². The van der Waals surface area contributed by atoms with Gasteiger partial charge in [0.25, 0.3) is 0 Å². The number of ketones is 1. The Morgan fingerprint density at radius 3 is 1.96 bits per heavy atom. The molecule has 11 atom stereocenters. The van der Waals surface area contributed by atoms with Crippen molar-refractivity contribution in [3.8, 4) is 0 Å². The van der Waals surface area contributed by atoms with Gasteiger partial charge in [-0.1, -0.05) is 113 Å². The van der Waals surface area contributed by atoms with Crippen LogP contribution in [0.4, 0.5) is 0 Å². The average molecular weight is 1010 g/mol. The maximum Gasteiger partial charge on any atom is 0.338 e. The molecule has 7 rings (SSSR count). The lowest BCUT2D eigenvalue weighted by Gasteiger charge is -2.68. The monoisotopic (exact) mass is 1010 g/mol. The van der Waals surface area contributed by atoms with E-state index >= 15 is 4.79 Å². The number of ether oxygens (including phenoxy) is 5. The zero-order valence-electron chi connectivity index (χ0n) is 42.9. The van der Waals surface area contributed by atoms with E-state index in [2.05, 4.69) is 5.32 Å². The van der Waals surface area contributed by atoms with E-state index in [1.807, 2.05) is 51.1 Å². The van der Waals surface area contributed by atoms with Gasteiger partial charge in [0.05, 0.1) is 35.6 Å². The van der Waals surface area contributed by atoms with E-state index in [0.717, 1.165) is 12.5 Å². The first-order chi connectivity index (χ1) is 34.0. The van der Waals surface area contributed by atoms with E-state index in [1.54, 1.807) is 101 Å². The Bertz CT molecular complexity index is 2590. The fraction of sp³-hybridized carbons (Fsp3) is 0.500. The molecule has 3 N–H and O–H groups in total. The van der Waals surface area contributed by atoms with Crippen molar-refractivity contribution in [1.82, 2.24) is 5.32 Å². The van der Waals surface area contributed by atoms with E-state index < -0.39 is 121 Å². The zero-order chi connectivity index (χ0) is 52.6. The van der Waals surface area contributed by atoms with Crippen molar-refractivity contribution in [3.05, 3.63) is 124 Å². The standard InChI is InChI=1S/C56H69NO14Si/c1-11-72(12-2,13-3)71-41-30-42-55(32-66-42,70-36(7)59)47-49(69-51(63)39-27-21-16-22-28-39)56(65)31-40(34(5)43(53(56,8)9)46(67-35(6)58)48(61)54(41,47)10)68-52(64)45(60)44(38-25-19-15-20-26-38)57-50(62)33(4)29-37-23-17-14-18-24-37/h14-29,40-42,44-47,49,60,65H,11-13,30-32H2,1-10H3,(H,57,62)/b33-29+. The number of esters is 4. The molecule has 0 radical (unpaired) electrons. The quantitative estimate of drug-likeness (QED) is 0.0416. The maximum absolute atomic E-state index is 16.4. The summed E-state index contributed by atoms with van der Waals surface area (Å²) in [6, 6.07) is 26.4. The van der Waals surface area contributed by atoms with Gasteiger partial charge in [0.2, 0.25) is 5.91 Å². The van der Waals surface area contributed by atoms with Crippen LogP contribution in [0.15, 0.2) is 108 Å². The fourth-order valence-corrected chi connectivity index (χ4v) is 14.9. The minimum absolute atomic E-state index is 0.0750. The van der Waals surface area contributed by atoms with E-state index in [-0.39, 0.29) is 35.3 Å². The average Bonchev–Trinajstić information content (AvgIpc) is 3.35. The van der Waals surface area contributed by atoms with Crippen LogP contribution in [0.2, 0.25) is 18.1 Å². The molecule has 0 aromatic heterocycles. The number of rotatable bonds is 16. The highest BCUT2D eigenvalue weighted by atomic mass is 28.4. The lowest BCUT2D eigenvalue weighted by molar-refractivity contribution is -0.344. The largest absolute Gasteiger partial charge is 0.456 e. The molecule has 1 saturated heterocycles. The van der Waals surface area contributed by atoms with Crippen molar-refractivity contribution in [2.45, 2.75) is 154 Å². The van der Waals surface area contributed by atoms with Gasteiger partial charge in [0, 0.05) is 37.7 Å². The first-order valence-corrected chi connectivity index (χ1v) is 27.4. The minimum Gasteiger partial charge on any atom is -0.456 e. The van der Waals surface area contributed by atoms with Crippen LogP contribution >= 0.6 is 0 Å². The molecule has 72 heavy (non-hydrogen) atoms. The number of fused-ring (bicyclic) bond motifs is 5. The van der Waals surface area contributed by atoms with Crippen LogP contribution in [0.5, 0.6) is 0 Å². The first-order valence-electron chi connectivity index (χ1n) is 24.9. The molecule has 1 amide bonds. The molecule has 1 aliphatic heterocycles. The maximum atomic E-state index is 16.4. The van der Waals surface area contributed by atoms with Crippen LogP contribution in [0.25, 0.3) is 6.08 Å². The summed E-state index contributed by atoms with van der Waals surface area (Å²) in [5.74, 6) is -6.30. The second-order valence-electron chi connectivity index (χ2n) is 20.6. The lowest BCUT2D eigenvalue weighted by atomic mass is 9.44. The summed E-state index contributed by atoms with van der Waals surface area (Å²) >= 11 is 0. The van der Waals surface area contributed by atoms with Gasteiger partial charge in [-0.25, -0.2) is 9.59 Å². The SMILES string of the molecule is CC[Si](CC)(CC)OC1CC2OCC2(OC(C)=O)C2C(OC(=O)c3ccccc3)C3(O)CC(OC(=O)C(O)C(NC(=O)/C(C)=C/c4ccccc4)c4ccccc4)C(C)=C(C(OC(C)=O)C(=O)C12C)C3(C)C. The third-order valence-electron chi connectivity index (χ3n) is 16.3. The summed E-state index contributed by atoms with van der Waals surface area (Å²) < 4.78 is 39.0. The van der Waals surface area contributed by atoms with Crippen LogP contribution in [0.3, 0.4) is 0 Å². The summed E-state index contributed by atoms with van der Waals surface area (Å²) in [5, 5.41) is 29.0. The predicted molar refractivity (Wildman–Crippen MR) is 268 cm³/mol. The Kier molecular flexibility index (Phi) is 15.7. The number of carbonyl (C=O) groups excluding carboxylic acids is 6. The molecule has 3 fully saturated rings. The van der Waals surface area contributed by atoms with Crippen LogP contribution < -0.4 is 5.32 Å². The van der Waals surface area contributed by atoms with Gasteiger partial charge in [-0.15, -0.1) is 0 Å². The topological polar surface area (TPSA) is 210 Å². The molecule has 1 heterocycles.